The molecule has 0 N–H and O–H groups in total. The van der Waals surface area contributed by atoms with Gasteiger partial charge >= 0.3 is 0 Å². The highest BCUT2D eigenvalue weighted by atomic mass is 15.1. The van der Waals surface area contributed by atoms with Crippen molar-refractivity contribution in [3.05, 3.63) is 133 Å². The summed E-state index contributed by atoms with van der Waals surface area (Å²) in [5.74, 6) is 0. The zero-order chi connectivity index (χ0) is 24.3. The number of hydrogen-bond donors (Lipinski definition) is 0. The molecule has 0 aliphatic carbocycles. The summed E-state index contributed by atoms with van der Waals surface area (Å²) in [6.45, 7) is 3.14. The van der Waals surface area contributed by atoms with Gasteiger partial charge in [-0.15, -0.1) is 0 Å². The summed E-state index contributed by atoms with van der Waals surface area (Å²) in [4.78, 5) is 6.43. The average molecular weight is 466 g/mol. The number of anilines is 3. The zero-order valence-electron chi connectivity index (χ0n) is 20.3. The van der Waals surface area contributed by atoms with Crippen LogP contribution in [0.3, 0.4) is 0 Å². The summed E-state index contributed by atoms with van der Waals surface area (Å²) < 4.78 is 2.40. The molecule has 2 aromatic heterocycles. The first kappa shape index (κ1) is 21.9. The second-order valence-electron chi connectivity index (χ2n) is 8.84. The molecular weight excluding hydrogens is 438 g/mol. The Morgan fingerprint density at radius 1 is 0.611 bits per heavy atom. The third-order valence-corrected chi connectivity index (χ3v) is 6.65. The molecule has 0 aliphatic heterocycles. The predicted octanol–water partition coefficient (Wildman–Crippen LogP) is 8.85. The van der Waals surface area contributed by atoms with E-state index in [2.05, 4.69) is 131 Å². The molecule has 0 saturated heterocycles. The number of benzene rings is 4. The van der Waals surface area contributed by atoms with Gasteiger partial charge in [-0.3, -0.25) is 4.98 Å². The van der Waals surface area contributed by atoms with Crippen molar-refractivity contribution in [3.63, 3.8) is 0 Å². The Bertz CT molecular complexity index is 1610. The van der Waals surface area contributed by atoms with Gasteiger partial charge in [-0.2, -0.15) is 0 Å². The number of fused-ring (bicyclic) bond motifs is 3. The Labute approximate surface area is 211 Å². The Morgan fingerprint density at radius 3 is 1.83 bits per heavy atom. The lowest BCUT2D eigenvalue weighted by molar-refractivity contribution is 0.827. The molecule has 3 heteroatoms. The summed E-state index contributed by atoms with van der Waals surface area (Å²) in [5, 5.41) is 2.53. The number of hydrogen-bond acceptors (Lipinski definition) is 2. The molecule has 6 aromatic rings. The van der Waals surface area contributed by atoms with Gasteiger partial charge in [0, 0.05) is 57.8 Å². The Hall–Kier alpha value is -4.63. The highest BCUT2D eigenvalue weighted by Gasteiger charge is 2.16. The Morgan fingerprint density at radius 2 is 1.19 bits per heavy atom. The van der Waals surface area contributed by atoms with Crippen LogP contribution in [0, 0.1) is 0 Å². The van der Waals surface area contributed by atoms with E-state index in [1.807, 2.05) is 24.5 Å². The van der Waals surface area contributed by atoms with Gasteiger partial charge in [0.25, 0.3) is 0 Å². The van der Waals surface area contributed by atoms with Crippen molar-refractivity contribution in [2.24, 2.45) is 0 Å². The average Bonchev–Trinajstić information content (AvgIpc) is 3.26. The number of rotatable bonds is 6. The predicted molar refractivity (Wildman–Crippen MR) is 153 cm³/mol. The highest BCUT2D eigenvalue weighted by Crippen LogP contribution is 2.38. The van der Waals surface area contributed by atoms with Crippen molar-refractivity contribution >= 4 is 51.0 Å². The Kier molecular flexibility index (Phi) is 5.80. The molecule has 6 rings (SSSR count). The summed E-state index contributed by atoms with van der Waals surface area (Å²) in [6, 6.07) is 38.8. The van der Waals surface area contributed by atoms with E-state index in [0.29, 0.717) is 0 Å². The fourth-order valence-electron chi connectivity index (χ4n) is 4.96. The minimum absolute atomic E-state index is 0.923. The zero-order valence-corrected chi connectivity index (χ0v) is 20.3. The minimum atomic E-state index is 0.923. The van der Waals surface area contributed by atoms with E-state index >= 15 is 0 Å². The molecule has 0 spiro atoms. The van der Waals surface area contributed by atoms with Gasteiger partial charge in [0.1, 0.15) is 0 Å². The molecule has 0 amide bonds. The van der Waals surface area contributed by atoms with Crippen molar-refractivity contribution in [1.82, 2.24) is 9.55 Å². The normalized spacial score (nSPS) is 11.5. The van der Waals surface area contributed by atoms with Crippen molar-refractivity contribution in [2.75, 3.05) is 4.90 Å². The lowest BCUT2D eigenvalue weighted by Crippen LogP contribution is -2.09. The molecule has 0 unspecified atom stereocenters. The van der Waals surface area contributed by atoms with Crippen LogP contribution in [0.4, 0.5) is 17.1 Å². The minimum Gasteiger partial charge on any atom is -0.341 e. The standard InChI is InChI=1S/C33H27N3/c1-2-35-32-17-15-26(14-13-25-19-21-34-22-20-25)23-30(32)31-24-29(16-18-33(31)35)36(27-9-5-3-6-10-27)28-11-7-4-8-12-28/h3-24H,2H2,1H3. The molecule has 0 aliphatic rings. The van der Waals surface area contributed by atoms with Crippen molar-refractivity contribution in [3.8, 4) is 0 Å². The van der Waals surface area contributed by atoms with Crippen LogP contribution < -0.4 is 4.90 Å². The van der Waals surface area contributed by atoms with E-state index in [9.17, 15) is 0 Å². The number of para-hydroxylation sites is 2. The third-order valence-electron chi connectivity index (χ3n) is 6.65. The molecule has 0 bridgehead atoms. The quantitative estimate of drug-likeness (QED) is 0.245. The number of aromatic nitrogens is 2. The van der Waals surface area contributed by atoms with Crippen LogP contribution in [0.2, 0.25) is 0 Å². The van der Waals surface area contributed by atoms with Crippen LogP contribution in [0.1, 0.15) is 18.1 Å². The van der Waals surface area contributed by atoms with Crippen LogP contribution in [0.15, 0.2) is 122 Å². The summed E-state index contributed by atoms with van der Waals surface area (Å²) in [7, 11) is 0. The molecular formula is C33H27N3. The monoisotopic (exact) mass is 465 g/mol. The smallest absolute Gasteiger partial charge is 0.0492 e. The van der Waals surface area contributed by atoms with Gasteiger partial charge in [0.15, 0.2) is 0 Å². The summed E-state index contributed by atoms with van der Waals surface area (Å²) >= 11 is 0. The third kappa shape index (κ3) is 4.05. The van der Waals surface area contributed by atoms with E-state index in [0.717, 1.165) is 29.2 Å². The molecule has 0 saturated carbocycles. The molecule has 0 fully saturated rings. The maximum absolute atomic E-state index is 4.11. The van der Waals surface area contributed by atoms with E-state index in [-0.39, 0.29) is 0 Å². The largest absolute Gasteiger partial charge is 0.341 e. The maximum Gasteiger partial charge on any atom is 0.0492 e. The van der Waals surface area contributed by atoms with Crippen LogP contribution in [0.5, 0.6) is 0 Å². The second-order valence-corrected chi connectivity index (χ2v) is 8.84. The van der Waals surface area contributed by atoms with Gasteiger partial charge in [0.2, 0.25) is 0 Å². The topological polar surface area (TPSA) is 21.1 Å². The van der Waals surface area contributed by atoms with Crippen molar-refractivity contribution in [2.45, 2.75) is 13.5 Å². The molecule has 0 atom stereocenters. The molecule has 3 nitrogen and oxygen atoms in total. The maximum atomic E-state index is 4.11. The molecule has 0 radical (unpaired) electrons. The fourth-order valence-corrected chi connectivity index (χ4v) is 4.96. The van der Waals surface area contributed by atoms with Crippen LogP contribution in [0.25, 0.3) is 34.0 Å². The van der Waals surface area contributed by atoms with E-state index in [4.69, 9.17) is 0 Å². The first-order valence-corrected chi connectivity index (χ1v) is 12.4. The first-order chi connectivity index (χ1) is 17.8. The Balaban J connectivity index is 1.52. The number of pyridine rings is 1. The van der Waals surface area contributed by atoms with Crippen LogP contribution in [-0.2, 0) is 6.54 Å². The van der Waals surface area contributed by atoms with Crippen molar-refractivity contribution < 1.29 is 0 Å². The van der Waals surface area contributed by atoms with Gasteiger partial charge in [0.05, 0.1) is 0 Å². The lowest BCUT2D eigenvalue weighted by Gasteiger charge is -2.25. The fraction of sp³-hybridized carbons (Fsp3) is 0.0606. The van der Waals surface area contributed by atoms with Crippen LogP contribution in [-0.4, -0.2) is 9.55 Å². The highest BCUT2D eigenvalue weighted by molar-refractivity contribution is 6.10. The van der Waals surface area contributed by atoms with Crippen molar-refractivity contribution in [1.29, 1.82) is 0 Å². The molecule has 174 valence electrons. The SMILES string of the molecule is CCn1c2ccc(C=Cc3ccncc3)cc2c2cc(N(c3ccccc3)c3ccccc3)ccc21. The summed E-state index contributed by atoms with van der Waals surface area (Å²) in [5.41, 5.74) is 8.27. The lowest BCUT2D eigenvalue weighted by atomic mass is 10.1. The van der Waals surface area contributed by atoms with E-state index in [1.165, 1.54) is 27.4 Å². The number of nitrogens with zero attached hydrogens (tertiary/aromatic N) is 3. The molecule has 2 heterocycles. The van der Waals surface area contributed by atoms with Gasteiger partial charge in [-0.1, -0.05) is 54.6 Å². The molecule has 4 aromatic carbocycles. The second kappa shape index (κ2) is 9.55. The van der Waals surface area contributed by atoms with Crippen LogP contribution >= 0.6 is 0 Å². The molecule has 36 heavy (non-hydrogen) atoms. The van der Waals surface area contributed by atoms with Gasteiger partial charge < -0.3 is 9.47 Å². The summed E-state index contributed by atoms with van der Waals surface area (Å²) in [6.07, 6.45) is 7.96. The van der Waals surface area contributed by atoms with E-state index < -0.39 is 0 Å². The first-order valence-electron chi connectivity index (χ1n) is 12.4. The number of aryl methyl sites for hydroxylation is 1. The van der Waals surface area contributed by atoms with Gasteiger partial charge in [-0.25, -0.2) is 0 Å². The van der Waals surface area contributed by atoms with Gasteiger partial charge in [-0.05, 0) is 84.8 Å². The van der Waals surface area contributed by atoms with E-state index in [1.54, 1.807) is 0 Å².